The van der Waals surface area contributed by atoms with Crippen molar-refractivity contribution < 1.29 is 18.4 Å². The molecule has 1 saturated heterocycles. The normalized spacial score (nSPS) is 37.3. The maximum atomic E-state index is 14.1. The number of furan rings is 2. The fourth-order valence-corrected chi connectivity index (χ4v) is 11.4. The van der Waals surface area contributed by atoms with Gasteiger partial charge in [0, 0.05) is 43.7 Å². The SMILES string of the molecule is CCN1CCN(C(=O)CC[C@@H](C)[C@H]2CC[C@H]3[C@@H]4CC[C@@H]5/C(=C\c6ccco6)C(=O)/C(=C\c6ccco6)C[C@]5(C)[C@H]4CC[C@]23C)CC1. The summed E-state index contributed by atoms with van der Waals surface area (Å²) in [6, 6.07) is 7.70. The molecule has 5 fully saturated rings. The van der Waals surface area contributed by atoms with Gasteiger partial charge < -0.3 is 18.6 Å². The smallest absolute Gasteiger partial charge is 0.222 e. The molecule has 1 aliphatic heterocycles. The Kier molecular flexibility index (Phi) is 8.71. The summed E-state index contributed by atoms with van der Waals surface area (Å²) in [7, 11) is 0. The lowest BCUT2D eigenvalue weighted by Gasteiger charge is -2.61. The first-order valence-electron chi connectivity index (χ1n) is 18.2. The van der Waals surface area contributed by atoms with Crippen LogP contribution in [-0.4, -0.2) is 54.2 Å². The minimum atomic E-state index is 0.0208. The minimum Gasteiger partial charge on any atom is -0.465 e. The second-order valence-electron chi connectivity index (χ2n) is 15.9. The summed E-state index contributed by atoms with van der Waals surface area (Å²) in [5.74, 6) is 5.53. The third-order valence-electron chi connectivity index (χ3n) is 13.8. The Bertz CT molecular complexity index is 1450. The second kappa shape index (κ2) is 12.6. The molecule has 0 unspecified atom stereocenters. The van der Waals surface area contributed by atoms with Crippen LogP contribution in [0.5, 0.6) is 0 Å². The molecule has 2 aromatic heterocycles. The van der Waals surface area contributed by atoms with Crippen molar-refractivity contribution in [3.63, 3.8) is 0 Å². The number of rotatable bonds is 7. The second-order valence-corrected chi connectivity index (χ2v) is 15.9. The summed E-state index contributed by atoms with van der Waals surface area (Å²) in [5.41, 5.74) is 2.16. The van der Waals surface area contributed by atoms with Crippen LogP contribution in [0.1, 0.15) is 97.0 Å². The van der Waals surface area contributed by atoms with E-state index in [-0.39, 0.29) is 17.1 Å². The molecule has 4 saturated carbocycles. The van der Waals surface area contributed by atoms with E-state index in [4.69, 9.17) is 8.83 Å². The summed E-state index contributed by atoms with van der Waals surface area (Å²) in [6.45, 7) is 14.6. The molecule has 5 aliphatic rings. The molecular weight excluding hydrogens is 572 g/mol. The van der Waals surface area contributed by atoms with Crippen molar-refractivity contribution in [1.29, 1.82) is 0 Å². The van der Waals surface area contributed by atoms with Gasteiger partial charge in [-0.15, -0.1) is 0 Å². The summed E-state index contributed by atoms with van der Waals surface area (Å²) in [5, 5.41) is 0. The molecule has 0 bridgehead atoms. The monoisotopic (exact) mass is 626 g/mol. The molecule has 8 atom stereocenters. The summed E-state index contributed by atoms with van der Waals surface area (Å²) in [4.78, 5) is 31.8. The number of carbonyl (C=O) groups is 2. The molecule has 248 valence electrons. The van der Waals surface area contributed by atoms with E-state index in [0.717, 1.165) is 80.6 Å². The minimum absolute atomic E-state index is 0.0208. The van der Waals surface area contributed by atoms with Crippen molar-refractivity contribution in [3.8, 4) is 0 Å². The number of hydrogen-bond donors (Lipinski definition) is 0. The van der Waals surface area contributed by atoms with Crippen LogP contribution >= 0.6 is 0 Å². The summed E-state index contributed by atoms with van der Waals surface area (Å²) in [6.07, 6.45) is 17.3. The first-order chi connectivity index (χ1) is 22.2. The molecule has 0 radical (unpaired) electrons. The Morgan fingerprint density at radius 2 is 1.63 bits per heavy atom. The van der Waals surface area contributed by atoms with Gasteiger partial charge in [0.2, 0.25) is 5.91 Å². The van der Waals surface area contributed by atoms with E-state index >= 15 is 0 Å². The molecule has 7 rings (SSSR count). The number of likely N-dealkylation sites (N-methyl/N-ethyl adjacent to an activating group) is 1. The van der Waals surface area contributed by atoms with Crippen LogP contribution in [0.15, 0.2) is 56.8 Å². The maximum Gasteiger partial charge on any atom is 0.222 e. The lowest BCUT2D eigenvalue weighted by Crippen LogP contribution is -2.54. The van der Waals surface area contributed by atoms with Gasteiger partial charge in [-0.3, -0.25) is 9.59 Å². The third-order valence-corrected chi connectivity index (χ3v) is 13.8. The molecule has 0 N–H and O–H groups in total. The van der Waals surface area contributed by atoms with E-state index in [1.165, 1.54) is 32.1 Å². The molecular formula is C40H54N2O4. The number of nitrogens with zero attached hydrogens (tertiary/aromatic N) is 2. The summed E-state index contributed by atoms with van der Waals surface area (Å²) < 4.78 is 11.4. The van der Waals surface area contributed by atoms with Gasteiger partial charge in [0.05, 0.1) is 12.5 Å². The van der Waals surface area contributed by atoms with Gasteiger partial charge in [0.25, 0.3) is 0 Å². The third kappa shape index (κ3) is 5.56. The highest BCUT2D eigenvalue weighted by atomic mass is 16.3. The van der Waals surface area contributed by atoms with Gasteiger partial charge in [0.15, 0.2) is 5.78 Å². The van der Waals surface area contributed by atoms with Gasteiger partial charge in [-0.05, 0) is 141 Å². The van der Waals surface area contributed by atoms with E-state index in [0.29, 0.717) is 41.4 Å². The van der Waals surface area contributed by atoms with Gasteiger partial charge in [-0.2, -0.15) is 0 Å². The first kappa shape index (κ1) is 31.7. The number of hydrogen-bond acceptors (Lipinski definition) is 5. The standard InChI is InChI=1S/C40H54N2O4/c1-5-41-18-20-42(21-19-41)37(43)15-10-27(2)33-13-14-34-31-11-12-35-32(25-30-9-7-23-46-30)38(44)28(24-29-8-6-22-45-29)26-40(35,4)36(31)16-17-39(33,34)3/h6-9,22-25,27,31,33-36H,5,10-21,26H2,1-4H3/b28-24-,32-25+/t27-,31+,33-,34+,35-,36+,39-,40+/m1/s1. The largest absolute Gasteiger partial charge is 0.465 e. The van der Waals surface area contributed by atoms with E-state index in [2.05, 4.69) is 37.5 Å². The van der Waals surface area contributed by atoms with Gasteiger partial charge in [-0.1, -0.05) is 27.7 Å². The zero-order chi connectivity index (χ0) is 32.1. The van der Waals surface area contributed by atoms with Crippen molar-refractivity contribution >= 4 is 23.8 Å². The number of allylic oxidation sites excluding steroid dienone is 2. The molecule has 46 heavy (non-hydrogen) atoms. The highest BCUT2D eigenvalue weighted by molar-refractivity contribution is 6.14. The molecule has 2 aromatic rings. The van der Waals surface area contributed by atoms with E-state index in [1.807, 2.05) is 36.4 Å². The highest BCUT2D eigenvalue weighted by Crippen LogP contribution is 2.69. The molecule has 3 heterocycles. The van der Waals surface area contributed by atoms with Crippen molar-refractivity contribution in [2.75, 3.05) is 32.7 Å². The van der Waals surface area contributed by atoms with Crippen molar-refractivity contribution in [2.45, 2.75) is 85.5 Å². The van der Waals surface area contributed by atoms with Crippen LogP contribution in [0.25, 0.3) is 12.2 Å². The molecule has 0 spiro atoms. The Hall–Kier alpha value is -2.86. The number of carbonyl (C=O) groups excluding carboxylic acids is 2. The van der Waals surface area contributed by atoms with E-state index < -0.39 is 0 Å². The highest BCUT2D eigenvalue weighted by Gasteiger charge is 2.62. The van der Waals surface area contributed by atoms with E-state index in [9.17, 15) is 9.59 Å². The lowest BCUT2D eigenvalue weighted by atomic mass is 9.43. The molecule has 6 heteroatoms. The van der Waals surface area contributed by atoms with Crippen molar-refractivity contribution in [2.24, 2.45) is 46.3 Å². The van der Waals surface area contributed by atoms with Crippen LogP contribution < -0.4 is 0 Å². The summed E-state index contributed by atoms with van der Waals surface area (Å²) >= 11 is 0. The molecule has 6 nitrogen and oxygen atoms in total. The predicted octanol–water partition coefficient (Wildman–Crippen LogP) is 8.37. The molecule has 0 aromatic carbocycles. The van der Waals surface area contributed by atoms with E-state index in [1.54, 1.807) is 12.5 Å². The zero-order valence-electron chi connectivity index (χ0n) is 28.5. The number of ketones is 1. The van der Waals surface area contributed by atoms with Crippen LogP contribution in [0.4, 0.5) is 0 Å². The Morgan fingerprint density at radius 1 is 0.935 bits per heavy atom. The fraction of sp³-hybridized carbons (Fsp3) is 0.650. The van der Waals surface area contributed by atoms with Crippen LogP contribution in [-0.2, 0) is 9.59 Å². The zero-order valence-corrected chi connectivity index (χ0v) is 28.5. The van der Waals surface area contributed by atoms with Crippen LogP contribution in [0, 0.1) is 46.3 Å². The average Bonchev–Trinajstić information content (AvgIpc) is 3.84. The van der Waals surface area contributed by atoms with Gasteiger partial charge in [0.1, 0.15) is 11.5 Å². The van der Waals surface area contributed by atoms with Crippen molar-refractivity contribution in [1.82, 2.24) is 9.80 Å². The quantitative estimate of drug-likeness (QED) is 0.289. The Labute approximate surface area is 275 Å². The molecule has 1 amide bonds. The maximum absolute atomic E-state index is 14.1. The first-order valence-corrected chi connectivity index (χ1v) is 18.2. The number of amides is 1. The van der Waals surface area contributed by atoms with Crippen LogP contribution in [0.3, 0.4) is 0 Å². The number of piperazine rings is 1. The Balaban J connectivity index is 1.09. The van der Waals surface area contributed by atoms with Gasteiger partial charge in [-0.25, -0.2) is 0 Å². The van der Waals surface area contributed by atoms with Crippen molar-refractivity contribution in [3.05, 3.63) is 59.5 Å². The lowest BCUT2D eigenvalue weighted by molar-refractivity contribution is -0.133. The number of fused-ring (bicyclic) bond motifs is 5. The van der Waals surface area contributed by atoms with Gasteiger partial charge >= 0.3 is 0 Å². The average molecular weight is 627 g/mol. The predicted molar refractivity (Wildman–Crippen MR) is 181 cm³/mol. The van der Waals surface area contributed by atoms with Crippen LogP contribution in [0.2, 0.25) is 0 Å². The Morgan fingerprint density at radius 3 is 2.30 bits per heavy atom. The topological polar surface area (TPSA) is 66.9 Å². The molecule has 4 aliphatic carbocycles. The fourth-order valence-electron chi connectivity index (χ4n) is 11.4. The number of Topliss-reactive ketones (excluding diaryl/α,β-unsaturated/α-hetero) is 1.